The summed E-state index contributed by atoms with van der Waals surface area (Å²) in [6.07, 6.45) is 5.78. The Labute approximate surface area is 102 Å². The predicted molar refractivity (Wildman–Crippen MR) is 66.9 cm³/mol. The van der Waals surface area contributed by atoms with Crippen molar-refractivity contribution in [2.45, 2.75) is 12.6 Å². The highest BCUT2D eigenvalue weighted by molar-refractivity contribution is 4.90. The monoisotopic (exact) mass is 235 g/mol. The summed E-state index contributed by atoms with van der Waals surface area (Å²) >= 11 is 0. The van der Waals surface area contributed by atoms with Crippen molar-refractivity contribution in [2.24, 2.45) is 0 Å². The first-order chi connectivity index (χ1) is 8.42. The molecule has 2 fully saturated rings. The lowest BCUT2D eigenvalue weighted by molar-refractivity contribution is 0.0254. The summed E-state index contributed by atoms with van der Waals surface area (Å²) in [5.74, 6) is 0. The van der Waals surface area contributed by atoms with Gasteiger partial charge >= 0.3 is 0 Å². The molecule has 0 aromatic carbocycles. The summed E-state index contributed by atoms with van der Waals surface area (Å²) < 4.78 is 2.15. The summed E-state index contributed by atoms with van der Waals surface area (Å²) in [6.45, 7) is 9.47. The minimum Gasteiger partial charge on any atom is -0.336 e. The molecule has 1 aromatic rings. The smallest absolute Gasteiger partial charge is 0.0946 e. The van der Waals surface area contributed by atoms with E-state index in [2.05, 4.69) is 24.7 Å². The number of aromatic nitrogens is 2. The van der Waals surface area contributed by atoms with Crippen molar-refractivity contribution in [1.82, 2.24) is 24.7 Å². The molecule has 2 aliphatic rings. The van der Waals surface area contributed by atoms with Gasteiger partial charge in [-0.15, -0.1) is 0 Å². The van der Waals surface area contributed by atoms with Crippen LogP contribution in [0.3, 0.4) is 0 Å². The average Bonchev–Trinajstić information content (AvgIpc) is 2.81. The third-order valence-electron chi connectivity index (χ3n) is 3.84. The lowest BCUT2D eigenvalue weighted by atomic mass is 10.1. The first-order valence-electron chi connectivity index (χ1n) is 6.55. The highest BCUT2D eigenvalue weighted by Crippen LogP contribution is 2.15. The van der Waals surface area contributed by atoms with E-state index in [4.69, 9.17) is 0 Å². The summed E-state index contributed by atoms with van der Waals surface area (Å²) in [4.78, 5) is 9.23. The minimum atomic E-state index is 0.805. The SMILES string of the molecule is c1cn(CCN2CC(N3CCNCC3)C2)cn1. The average molecular weight is 235 g/mol. The molecule has 0 spiro atoms. The highest BCUT2D eigenvalue weighted by atomic mass is 15.3. The van der Waals surface area contributed by atoms with Gasteiger partial charge in [-0.3, -0.25) is 9.80 Å². The molecule has 5 nitrogen and oxygen atoms in total. The number of rotatable bonds is 4. The second-order valence-corrected chi connectivity index (χ2v) is 5.00. The molecule has 0 radical (unpaired) electrons. The predicted octanol–water partition coefficient (Wildman–Crippen LogP) is -0.527. The van der Waals surface area contributed by atoms with Crippen LogP contribution in [0.5, 0.6) is 0 Å². The van der Waals surface area contributed by atoms with Crippen molar-refractivity contribution in [3.63, 3.8) is 0 Å². The first-order valence-corrected chi connectivity index (χ1v) is 6.55. The topological polar surface area (TPSA) is 36.3 Å². The largest absolute Gasteiger partial charge is 0.336 e. The van der Waals surface area contributed by atoms with E-state index in [0.29, 0.717) is 0 Å². The van der Waals surface area contributed by atoms with E-state index in [-0.39, 0.29) is 0 Å². The Hall–Kier alpha value is -0.910. The first kappa shape index (κ1) is 11.2. The zero-order chi connectivity index (χ0) is 11.5. The second-order valence-electron chi connectivity index (χ2n) is 5.00. The van der Waals surface area contributed by atoms with Crippen LogP contribution in [-0.2, 0) is 6.54 Å². The summed E-state index contributed by atoms with van der Waals surface area (Å²) in [7, 11) is 0. The number of nitrogens with one attached hydrogen (secondary N) is 1. The molecule has 0 atom stereocenters. The van der Waals surface area contributed by atoms with Gasteiger partial charge in [0.05, 0.1) is 6.33 Å². The Kier molecular flexibility index (Phi) is 3.40. The highest BCUT2D eigenvalue weighted by Gasteiger charge is 2.31. The quantitative estimate of drug-likeness (QED) is 0.761. The molecule has 5 heteroatoms. The minimum absolute atomic E-state index is 0.805. The van der Waals surface area contributed by atoms with Gasteiger partial charge in [-0.05, 0) is 0 Å². The van der Waals surface area contributed by atoms with Crippen LogP contribution in [0.4, 0.5) is 0 Å². The lowest BCUT2D eigenvalue weighted by Gasteiger charge is -2.46. The van der Waals surface area contributed by atoms with Gasteiger partial charge in [0.1, 0.15) is 0 Å². The molecule has 0 unspecified atom stereocenters. The molecule has 1 aromatic heterocycles. The van der Waals surface area contributed by atoms with Gasteiger partial charge in [0.15, 0.2) is 0 Å². The summed E-state index contributed by atoms with van der Waals surface area (Å²) in [6, 6.07) is 0.805. The third-order valence-corrected chi connectivity index (χ3v) is 3.84. The molecular formula is C12H21N5. The zero-order valence-corrected chi connectivity index (χ0v) is 10.3. The number of hydrogen-bond donors (Lipinski definition) is 1. The Morgan fingerprint density at radius 2 is 2.00 bits per heavy atom. The summed E-state index contributed by atoms with van der Waals surface area (Å²) in [5.41, 5.74) is 0. The molecule has 0 bridgehead atoms. The second kappa shape index (κ2) is 5.16. The third kappa shape index (κ3) is 2.68. The molecule has 94 valence electrons. The molecule has 3 heterocycles. The van der Waals surface area contributed by atoms with Crippen LogP contribution < -0.4 is 5.32 Å². The molecule has 0 amide bonds. The van der Waals surface area contributed by atoms with Gasteiger partial charge in [-0.2, -0.15) is 0 Å². The van der Waals surface area contributed by atoms with Crippen LogP contribution in [0.2, 0.25) is 0 Å². The van der Waals surface area contributed by atoms with Crippen LogP contribution in [0, 0.1) is 0 Å². The van der Waals surface area contributed by atoms with Crippen molar-refractivity contribution in [1.29, 1.82) is 0 Å². The number of hydrogen-bond acceptors (Lipinski definition) is 4. The number of imidazole rings is 1. The van der Waals surface area contributed by atoms with E-state index in [0.717, 1.165) is 32.2 Å². The molecule has 2 aliphatic heterocycles. The van der Waals surface area contributed by atoms with Gasteiger partial charge < -0.3 is 9.88 Å². The van der Waals surface area contributed by atoms with Crippen molar-refractivity contribution in [3.05, 3.63) is 18.7 Å². The lowest BCUT2D eigenvalue weighted by Crippen LogP contribution is -2.62. The Balaban J connectivity index is 1.36. The fourth-order valence-corrected chi connectivity index (χ4v) is 2.68. The molecular weight excluding hydrogens is 214 g/mol. The molecule has 0 aliphatic carbocycles. The van der Waals surface area contributed by atoms with Crippen LogP contribution >= 0.6 is 0 Å². The van der Waals surface area contributed by atoms with E-state index in [9.17, 15) is 0 Å². The van der Waals surface area contributed by atoms with Gasteiger partial charge in [-0.1, -0.05) is 0 Å². The Morgan fingerprint density at radius 1 is 1.18 bits per heavy atom. The molecule has 1 N–H and O–H groups in total. The van der Waals surface area contributed by atoms with E-state index in [1.54, 1.807) is 0 Å². The van der Waals surface area contributed by atoms with Crippen molar-refractivity contribution >= 4 is 0 Å². The van der Waals surface area contributed by atoms with Gasteiger partial charge in [0.2, 0.25) is 0 Å². The maximum absolute atomic E-state index is 4.06. The molecule has 17 heavy (non-hydrogen) atoms. The van der Waals surface area contributed by atoms with Crippen molar-refractivity contribution in [3.8, 4) is 0 Å². The van der Waals surface area contributed by atoms with Crippen LogP contribution in [0.1, 0.15) is 0 Å². The van der Waals surface area contributed by atoms with E-state index in [1.807, 2.05) is 18.7 Å². The van der Waals surface area contributed by atoms with E-state index < -0.39 is 0 Å². The number of nitrogens with zero attached hydrogens (tertiary/aromatic N) is 4. The maximum Gasteiger partial charge on any atom is 0.0946 e. The van der Waals surface area contributed by atoms with Gasteiger partial charge in [0, 0.05) is 70.8 Å². The fraction of sp³-hybridized carbons (Fsp3) is 0.750. The van der Waals surface area contributed by atoms with Crippen molar-refractivity contribution < 1.29 is 0 Å². The number of piperazine rings is 1. The normalized spacial score (nSPS) is 23.8. The van der Waals surface area contributed by atoms with Crippen LogP contribution in [0.15, 0.2) is 18.7 Å². The zero-order valence-electron chi connectivity index (χ0n) is 10.3. The van der Waals surface area contributed by atoms with Gasteiger partial charge in [-0.25, -0.2) is 4.98 Å². The van der Waals surface area contributed by atoms with Crippen LogP contribution in [0.25, 0.3) is 0 Å². The number of likely N-dealkylation sites (tertiary alicyclic amines) is 1. The van der Waals surface area contributed by atoms with Crippen molar-refractivity contribution in [2.75, 3.05) is 45.8 Å². The van der Waals surface area contributed by atoms with E-state index in [1.165, 1.54) is 26.2 Å². The Bertz CT molecular complexity index is 325. The summed E-state index contributed by atoms with van der Waals surface area (Å²) in [5, 5.41) is 3.41. The fourth-order valence-electron chi connectivity index (χ4n) is 2.68. The molecule has 0 saturated carbocycles. The molecule has 2 saturated heterocycles. The van der Waals surface area contributed by atoms with Crippen LogP contribution in [-0.4, -0.2) is 71.2 Å². The molecule has 3 rings (SSSR count). The van der Waals surface area contributed by atoms with E-state index >= 15 is 0 Å². The standard InChI is InChI=1S/C12H21N5/c1-4-15(11-14-1)7-8-16-9-12(10-16)17-5-2-13-3-6-17/h1,4,11-13H,2-3,5-10H2. The Morgan fingerprint density at radius 3 is 2.71 bits per heavy atom. The van der Waals surface area contributed by atoms with Gasteiger partial charge in [0.25, 0.3) is 0 Å². The maximum atomic E-state index is 4.06.